The zero-order valence-corrected chi connectivity index (χ0v) is 21.4. The van der Waals surface area contributed by atoms with Gasteiger partial charge in [0.25, 0.3) is 0 Å². The number of amidine groups is 2. The molecule has 1 aliphatic carbocycles. The molecule has 0 amide bonds. The number of para-hydroxylation sites is 1. The number of nitrogens with zero attached hydrogens (tertiary/aromatic N) is 4. The molecule has 5 aromatic rings. The number of allylic oxidation sites excluding steroid dienone is 1. The topological polar surface area (TPSA) is 54.6 Å². The number of fused-ring (bicyclic) bond motifs is 1. The summed E-state index contributed by atoms with van der Waals surface area (Å²) in [4.78, 5) is 15.2. The molecule has 0 radical (unpaired) electrons. The monoisotopic (exact) mass is 505 g/mol. The zero-order chi connectivity index (χ0) is 26.0. The van der Waals surface area contributed by atoms with E-state index in [0.29, 0.717) is 0 Å². The Balaban J connectivity index is 1.33. The molecule has 1 aromatic heterocycles. The fourth-order valence-electron chi connectivity index (χ4n) is 5.20. The van der Waals surface area contributed by atoms with Crippen LogP contribution in [0.1, 0.15) is 40.7 Å². The van der Waals surface area contributed by atoms with Gasteiger partial charge in [-0.1, -0.05) is 103 Å². The van der Waals surface area contributed by atoms with Crippen LogP contribution in [0.25, 0.3) is 23.2 Å². The number of benzene rings is 4. The van der Waals surface area contributed by atoms with Gasteiger partial charge in [-0.05, 0) is 42.7 Å². The lowest BCUT2D eigenvalue weighted by atomic mass is 10.1. The number of imidazole rings is 1. The first kappa shape index (κ1) is 23.1. The fourth-order valence-corrected chi connectivity index (χ4v) is 5.20. The van der Waals surface area contributed by atoms with Gasteiger partial charge in [0, 0.05) is 22.4 Å². The van der Waals surface area contributed by atoms with Gasteiger partial charge in [0.2, 0.25) is 0 Å². The van der Waals surface area contributed by atoms with Gasteiger partial charge in [-0.2, -0.15) is 0 Å². The summed E-state index contributed by atoms with van der Waals surface area (Å²) < 4.78 is 2.27. The van der Waals surface area contributed by atoms with Crippen molar-refractivity contribution in [3.05, 3.63) is 149 Å². The third-order valence-corrected chi connectivity index (χ3v) is 7.11. The summed E-state index contributed by atoms with van der Waals surface area (Å²) in [7, 11) is 0. The highest BCUT2D eigenvalue weighted by atomic mass is 15.2. The molecule has 7 rings (SSSR count). The van der Waals surface area contributed by atoms with Crippen molar-refractivity contribution in [3.63, 3.8) is 0 Å². The summed E-state index contributed by atoms with van der Waals surface area (Å²) in [5.74, 6) is 2.54. The minimum atomic E-state index is -0.329. The van der Waals surface area contributed by atoms with Crippen LogP contribution in [0, 0.1) is 0 Å². The van der Waals surface area contributed by atoms with Gasteiger partial charge in [0.05, 0.1) is 11.4 Å². The Morgan fingerprint density at radius 2 is 1.31 bits per heavy atom. The first-order valence-corrected chi connectivity index (χ1v) is 13.3. The molecule has 1 atom stereocenters. The van der Waals surface area contributed by atoms with Gasteiger partial charge in [-0.25, -0.2) is 15.0 Å². The van der Waals surface area contributed by atoms with Crippen LogP contribution in [0.2, 0.25) is 0 Å². The van der Waals surface area contributed by atoms with Gasteiger partial charge < -0.3 is 5.32 Å². The largest absolute Gasteiger partial charge is 0.324 e. The van der Waals surface area contributed by atoms with Crippen molar-refractivity contribution < 1.29 is 0 Å². The van der Waals surface area contributed by atoms with Crippen molar-refractivity contribution in [2.75, 3.05) is 0 Å². The maximum absolute atomic E-state index is 5.14. The highest BCUT2D eigenvalue weighted by molar-refractivity contribution is 6.16. The summed E-state index contributed by atoms with van der Waals surface area (Å²) >= 11 is 0. The van der Waals surface area contributed by atoms with Crippen molar-refractivity contribution in [1.82, 2.24) is 14.9 Å². The van der Waals surface area contributed by atoms with Crippen LogP contribution in [0.5, 0.6) is 0 Å². The van der Waals surface area contributed by atoms with Crippen LogP contribution in [-0.4, -0.2) is 21.2 Å². The van der Waals surface area contributed by atoms with Crippen LogP contribution in [0.3, 0.4) is 0 Å². The SMILES string of the molecule is C1=Cc2c(nc(-c3cccc(C4=NC(c5ccccc5)N=C(c5ccccc5)N4)c3)n2-c2ccccc2)CC1. The van der Waals surface area contributed by atoms with Crippen LogP contribution in [-0.2, 0) is 6.42 Å². The van der Waals surface area contributed by atoms with Gasteiger partial charge >= 0.3 is 0 Å². The van der Waals surface area contributed by atoms with E-state index in [-0.39, 0.29) is 6.17 Å². The molecule has 0 fully saturated rings. The van der Waals surface area contributed by atoms with Crippen LogP contribution in [0.15, 0.2) is 131 Å². The Morgan fingerprint density at radius 3 is 2.08 bits per heavy atom. The molecule has 2 aliphatic rings. The lowest BCUT2D eigenvalue weighted by Crippen LogP contribution is -2.36. The number of hydrogen-bond acceptors (Lipinski definition) is 4. The molecule has 2 heterocycles. The van der Waals surface area contributed by atoms with E-state index in [2.05, 4.69) is 94.8 Å². The van der Waals surface area contributed by atoms with Crippen LogP contribution < -0.4 is 5.32 Å². The highest BCUT2D eigenvalue weighted by Crippen LogP contribution is 2.31. The van der Waals surface area contributed by atoms with Crippen molar-refractivity contribution in [1.29, 1.82) is 0 Å². The number of rotatable bonds is 5. The average Bonchev–Trinajstić information content (AvgIpc) is 3.42. The lowest BCUT2D eigenvalue weighted by Gasteiger charge is -2.22. The van der Waals surface area contributed by atoms with Crippen molar-refractivity contribution >= 4 is 17.7 Å². The summed E-state index contributed by atoms with van der Waals surface area (Å²) in [6.45, 7) is 0. The van der Waals surface area contributed by atoms with Gasteiger partial charge in [0.1, 0.15) is 17.5 Å². The quantitative estimate of drug-likeness (QED) is 0.280. The predicted molar refractivity (Wildman–Crippen MR) is 158 cm³/mol. The summed E-state index contributed by atoms with van der Waals surface area (Å²) in [6.07, 6.45) is 6.07. The smallest absolute Gasteiger partial charge is 0.169 e. The number of aryl methyl sites for hydroxylation is 1. The zero-order valence-electron chi connectivity index (χ0n) is 21.4. The Morgan fingerprint density at radius 1 is 0.667 bits per heavy atom. The molecule has 0 saturated heterocycles. The molecular formula is C34H27N5. The lowest BCUT2D eigenvalue weighted by molar-refractivity contribution is 0.756. The Bertz CT molecular complexity index is 1710. The van der Waals surface area contributed by atoms with E-state index in [1.54, 1.807) is 0 Å². The Hall–Kier alpha value is -5.03. The highest BCUT2D eigenvalue weighted by Gasteiger charge is 2.23. The van der Waals surface area contributed by atoms with Gasteiger partial charge in [-0.3, -0.25) is 4.57 Å². The Kier molecular flexibility index (Phi) is 5.94. The molecule has 5 nitrogen and oxygen atoms in total. The van der Waals surface area contributed by atoms with Crippen LogP contribution in [0.4, 0.5) is 0 Å². The van der Waals surface area contributed by atoms with Crippen molar-refractivity contribution in [2.45, 2.75) is 19.0 Å². The summed E-state index contributed by atoms with van der Waals surface area (Å²) in [5, 5.41) is 3.52. The minimum absolute atomic E-state index is 0.329. The molecule has 39 heavy (non-hydrogen) atoms. The maximum atomic E-state index is 5.14. The molecule has 0 bridgehead atoms. The first-order valence-electron chi connectivity index (χ1n) is 13.3. The van der Waals surface area contributed by atoms with E-state index in [0.717, 1.165) is 69.7 Å². The minimum Gasteiger partial charge on any atom is -0.324 e. The second-order valence-corrected chi connectivity index (χ2v) is 9.69. The fraction of sp³-hybridized carbons (Fsp3) is 0.0882. The standard InChI is InChI=1S/C34H27N5/c1-4-13-24(14-5-1)31-36-32(25-15-6-2-7-16-25)38-33(37-31)26-17-12-18-27(23-26)34-35-29-21-10-11-22-30(29)39(34)28-19-8-3-9-20-28/h1-9,11-20,22-23,31H,10,21H2,(H,36,37,38). The molecule has 4 aromatic carbocycles. The first-order chi connectivity index (χ1) is 19.3. The number of aromatic nitrogens is 2. The molecule has 1 unspecified atom stereocenters. The van der Waals surface area contributed by atoms with Crippen LogP contribution >= 0.6 is 0 Å². The predicted octanol–water partition coefficient (Wildman–Crippen LogP) is 6.99. The molecule has 0 saturated carbocycles. The van der Waals surface area contributed by atoms with E-state index in [1.165, 1.54) is 0 Å². The second kappa shape index (κ2) is 10.0. The van der Waals surface area contributed by atoms with E-state index in [9.17, 15) is 0 Å². The Labute approximate surface area is 227 Å². The molecular weight excluding hydrogens is 478 g/mol. The maximum Gasteiger partial charge on any atom is 0.169 e. The average molecular weight is 506 g/mol. The summed E-state index contributed by atoms with van der Waals surface area (Å²) in [6, 6.07) is 39.4. The summed E-state index contributed by atoms with van der Waals surface area (Å²) in [5.41, 5.74) is 7.52. The van der Waals surface area contributed by atoms with Crippen molar-refractivity contribution in [3.8, 4) is 17.1 Å². The third-order valence-electron chi connectivity index (χ3n) is 7.11. The van der Waals surface area contributed by atoms with E-state index in [1.807, 2.05) is 42.5 Å². The number of hydrogen-bond donors (Lipinski definition) is 1. The van der Waals surface area contributed by atoms with E-state index >= 15 is 0 Å². The molecule has 1 aliphatic heterocycles. The van der Waals surface area contributed by atoms with Gasteiger partial charge in [-0.15, -0.1) is 0 Å². The normalized spacial score (nSPS) is 16.2. The molecule has 5 heteroatoms. The van der Waals surface area contributed by atoms with E-state index in [4.69, 9.17) is 15.0 Å². The third kappa shape index (κ3) is 4.48. The molecule has 188 valence electrons. The van der Waals surface area contributed by atoms with Crippen molar-refractivity contribution in [2.24, 2.45) is 9.98 Å². The molecule has 0 spiro atoms. The second-order valence-electron chi connectivity index (χ2n) is 9.69. The van der Waals surface area contributed by atoms with E-state index < -0.39 is 0 Å². The number of aliphatic imine (C=N–C) groups is 2. The molecule has 1 N–H and O–H groups in total. The number of nitrogens with one attached hydrogen (secondary N) is 1. The van der Waals surface area contributed by atoms with Gasteiger partial charge in [0.15, 0.2) is 6.17 Å².